The molecular formula is C7H13NOS. The minimum absolute atomic E-state index is 0.731. The quantitative estimate of drug-likeness (QED) is 0.428. The summed E-state index contributed by atoms with van der Waals surface area (Å²) in [6, 6.07) is 1.52. The van der Waals surface area contributed by atoms with E-state index in [2.05, 4.69) is 11.2 Å². The lowest BCUT2D eigenvalue weighted by Gasteiger charge is -2.17. The Hall–Kier alpha value is 0.270. The Labute approximate surface area is 66.3 Å². The van der Waals surface area contributed by atoms with Crippen LogP contribution in [0.5, 0.6) is 0 Å². The van der Waals surface area contributed by atoms with Gasteiger partial charge in [0.1, 0.15) is 0 Å². The molecule has 0 saturated carbocycles. The van der Waals surface area contributed by atoms with Crippen molar-refractivity contribution in [3.63, 3.8) is 0 Å². The lowest BCUT2D eigenvalue weighted by atomic mass is 10.2. The van der Waals surface area contributed by atoms with Gasteiger partial charge in [0, 0.05) is 12.1 Å². The monoisotopic (exact) mass is 159 g/mol. The molecule has 3 heteroatoms. The molecule has 2 saturated heterocycles. The van der Waals surface area contributed by atoms with E-state index in [9.17, 15) is 0 Å². The van der Waals surface area contributed by atoms with Gasteiger partial charge in [-0.3, -0.25) is 4.18 Å². The molecule has 0 unspecified atom stereocenters. The smallest absolute Gasteiger partial charge is 0.0825 e. The average molecular weight is 159 g/mol. The van der Waals surface area contributed by atoms with Gasteiger partial charge in [0.05, 0.1) is 18.8 Å². The summed E-state index contributed by atoms with van der Waals surface area (Å²) in [7, 11) is 0. The Morgan fingerprint density at radius 3 is 3.30 bits per heavy atom. The first kappa shape index (κ1) is 6.95. The van der Waals surface area contributed by atoms with Gasteiger partial charge in [-0.1, -0.05) is 6.92 Å². The molecule has 2 heterocycles. The molecule has 58 valence electrons. The highest BCUT2D eigenvalue weighted by Crippen LogP contribution is 2.38. The van der Waals surface area contributed by atoms with Gasteiger partial charge in [-0.25, -0.2) is 4.31 Å². The first-order valence-corrected chi connectivity index (χ1v) is 4.69. The minimum atomic E-state index is 0.731. The van der Waals surface area contributed by atoms with Crippen LogP contribution in [-0.4, -0.2) is 23.0 Å². The number of fused-ring (bicyclic) bond motifs is 1. The van der Waals surface area contributed by atoms with Crippen LogP contribution in [0.25, 0.3) is 0 Å². The van der Waals surface area contributed by atoms with Crippen LogP contribution in [0.3, 0.4) is 0 Å². The summed E-state index contributed by atoms with van der Waals surface area (Å²) in [6.45, 7) is 3.20. The molecule has 0 aromatic heterocycles. The largest absolute Gasteiger partial charge is 0.299 e. The second-order valence-corrected chi connectivity index (χ2v) is 3.82. The van der Waals surface area contributed by atoms with Crippen molar-refractivity contribution in [2.24, 2.45) is 0 Å². The molecule has 0 N–H and O–H groups in total. The summed E-state index contributed by atoms with van der Waals surface area (Å²) in [5.74, 6) is 0. The Bertz CT molecular complexity index is 131. The van der Waals surface area contributed by atoms with Crippen LogP contribution in [0.1, 0.15) is 26.2 Å². The lowest BCUT2D eigenvalue weighted by Crippen LogP contribution is -2.25. The third-order valence-corrected chi connectivity index (χ3v) is 3.43. The van der Waals surface area contributed by atoms with Gasteiger partial charge in [0.25, 0.3) is 0 Å². The van der Waals surface area contributed by atoms with E-state index in [1.807, 2.05) is 0 Å². The van der Waals surface area contributed by atoms with E-state index in [0.29, 0.717) is 0 Å². The van der Waals surface area contributed by atoms with Gasteiger partial charge in [0.2, 0.25) is 0 Å². The molecule has 0 aromatic carbocycles. The van der Waals surface area contributed by atoms with Crippen molar-refractivity contribution in [3.05, 3.63) is 0 Å². The van der Waals surface area contributed by atoms with Crippen molar-refractivity contribution < 1.29 is 4.18 Å². The molecule has 0 spiro atoms. The van der Waals surface area contributed by atoms with Gasteiger partial charge in [0.15, 0.2) is 0 Å². The molecule has 2 aliphatic heterocycles. The highest BCUT2D eigenvalue weighted by Gasteiger charge is 2.37. The molecule has 0 radical (unpaired) electrons. The number of rotatable bonds is 1. The molecule has 2 aliphatic rings. The minimum Gasteiger partial charge on any atom is -0.299 e. The average Bonchev–Trinajstić information content (AvgIpc) is 2.44. The highest BCUT2D eigenvalue weighted by atomic mass is 32.2. The first-order valence-electron chi connectivity index (χ1n) is 3.99. The van der Waals surface area contributed by atoms with Crippen LogP contribution in [0.15, 0.2) is 0 Å². The molecule has 0 aromatic rings. The predicted molar refractivity (Wildman–Crippen MR) is 42.5 cm³/mol. The maximum Gasteiger partial charge on any atom is 0.0825 e. The molecule has 2 atom stereocenters. The van der Waals surface area contributed by atoms with Gasteiger partial charge in [-0.05, 0) is 19.3 Å². The van der Waals surface area contributed by atoms with Gasteiger partial charge in [-0.2, -0.15) is 0 Å². The maximum absolute atomic E-state index is 5.29. The predicted octanol–water partition coefficient (Wildman–Crippen LogP) is 1.82. The fourth-order valence-electron chi connectivity index (χ4n) is 1.77. The Morgan fingerprint density at radius 1 is 1.60 bits per heavy atom. The Kier molecular flexibility index (Phi) is 1.89. The third kappa shape index (κ3) is 0.966. The SMILES string of the molecule is CC[C@@H]1CC[C@H]2COSN12. The highest BCUT2D eigenvalue weighted by molar-refractivity contribution is 7.92. The summed E-state index contributed by atoms with van der Waals surface area (Å²) in [4.78, 5) is 0. The van der Waals surface area contributed by atoms with Crippen LogP contribution in [0.2, 0.25) is 0 Å². The second-order valence-electron chi connectivity index (χ2n) is 3.01. The Balaban J connectivity index is 2.01. The van der Waals surface area contributed by atoms with Crippen molar-refractivity contribution in [2.75, 3.05) is 6.61 Å². The van der Waals surface area contributed by atoms with Crippen LogP contribution in [0, 0.1) is 0 Å². The van der Waals surface area contributed by atoms with E-state index in [-0.39, 0.29) is 0 Å². The maximum atomic E-state index is 5.29. The fraction of sp³-hybridized carbons (Fsp3) is 1.00. The summed E-state index contributed by atoms with van der Waals surface area (Å²) in [5, 5.41) is 0. The van der Waals surface area contributed by atoms with Gasteiger partial charge >= 0.3 is 0 Å². The van der Waals surface area contributed by atoms with Crippen molar-refractivity contribution in [3.8, 4) is 0 Å². The molecule has 2 rings (SSSR count). The lowest BCUT2D eigenvalue weighted by molar-refractivity contribution is 0.325. The molecule has 0 bridgehead atoms. The van der Waals surface area contributed by atoms with E-state index in [0.717, 1.165) is 18.7 Å². The van der Waals surface area contributed by atoms with Crippen molar-refractivity contribution in [1.82, 2.24) is 4.31 Å². The first-order chi connectivity index (χ1) is 4.92. The van der Waals surface area contributed by atoms with Crippen LogP contribution in [-0.2, 0) is 4.18 Å². The van der Waals surface area contributed by atoms with Crippen molar-refractivity contribution in [2.45, 2.75) is 38.3 Å². The fourth-order valence-corrected chi connectivity index (χ4v) is 2.77. The molecule has 0 aliphatic carbocycles. The topological polar surface area (TPSA) is 12.5 Å². The molecule has 10 heavy (non-hydrogen) atoms. The summed E-state index contributed by atoms with van der Waals surface area (Å²) in [5.41, 5.74) is 0. The van der Waals surface area contributed by atoms with Gasteiger partial charge in [-0.15, -0.1) is 0 Å². The van der Waals surface area contributed by atoms with E-state index in [1.165, 1.54) is 19.3 Å². The summed E-state index contributed by atoms with van der Waals surface area (Å²) in [6.07, 6.45) is 3.98. The van der Waals surface area contributed by atoms with E-state index < -0.39 is 0 Å². The van der Waals surface area contributed by atoms with Crippen LogP contribution in [0.4, 0.5) is 0 Å². The number of hydrogen-bond donors (Lipinski definition) is 0. The zero-order valence-corrected chi connectivity index (χ0v) is 7.06. The van der Waals surface area contributed by atoms with Gasteiger partial charge < -0.3 is 0 Å². The Morgan fingerprint density at radius 2 is 2.50 bits per heavy atom. The third-order valence-electron chi connectivity index (χ3n) is 2.42. The zero-order chi connectivity index (χ0) is 6.97. The molecule has 2 fully saturated rings. The normalized spacial score (nSPS) is 40.5. The zero-order valence-electron chi connectivity index (χ0n) is 6.25. The second kappa shape index (κ2) is 2.72. The molecule has 0 amide bonds. The summed E-state index contributed by atoms with van der Waals surface area (Å²) < 4.78 is 7.72. The van der Waals surface area contributed by atoms with Crippen LogP contribution >= 0.6 is 12.2 Å². The summed E-state index contributed by atoms with van der Waals surface area (Å²) >= 11 is 1.58. The number of hydrogen-bond acceptors (Lipinski definition) is 3. The standard InChI is InChI=1S/C7H13NOS/c1-2-6-3-4-7-5-9-10-8(6)7/h6-7H,2-5H2,1H3/t6-,7+/m1/s1. The van der Waals surface area contributed by atoms with E-state index in [1.54, 1.807) is 12.2 Å². The molecular weight excluding hydrogens is 146 g/mol. The number of nitrogens with zero attached hydrogens (tertiary/aromatic N) is 1. The molecule has 2 nitrogen and oxygen atoms in total. The van der Waals surface area contributed by atoms with Crippen LogP contribution < -0.4 is 0 Å². The van der Waals surface area contributed by atoms with E-state index in [4.69, 9.17) is 4.18 Å². The van der Waals surface area contributed by atoms with Crippen molar-refractivity contribution >= 4 is 12.2 Å². The van der Waals surface area contributed by atoms with Crippen molar-refractivity contribution in [1.29, 1.82) is 0 Å². The van der Waals surface area contributed by atoms with E-state index >= 15 is 0 Å².